The van der Waals surface area contributed by atoms with Crippen molar-refractivity contribution in [2.45, 2.75) is 6.92 Å². The van der Waals surface area contributed by atoms with Crippen molar-refractivity contribution in [3.8, 4) is 5.75 Å². The molecule has 1 fully saturated rings. The second-order valence-electron chi connectivity index (χ2n) is 6.41. The van der Waals surface area contributed by atoms with E-state index in [2.05, 4.69) is 11.8 Å². The van der Waals surface area contributed by atoms with Crippen LogP contribution in [0.2, 0.25) is 5.02 Å². The first-order valence-electron chi connectivity index (χ1n) is 8.45. The number of hydrogen-bond acceptors (Lipinski definition) is 4. The Morgan fingerprint density at radius 2 is 1.85 bits per heavy atom. The van der Waals surface area contributed by atoms with Gasteiger partial charge in [0, 0.05) is 56.2 Å². The molecule has 0 unspecified atom stereocenters. The molecule has 0 radical (unpaired) electrons. The molecule has 1 amide bonds. The number of aryl methyl sites for hydroxylation is 2. The Kier molecular flexibility index (Phi) is 5.23. The molecule has 1 aliphatic heterocycles. The first-order valence-corrected chi connectivity index (χ1v) is 8.83. The predicted molar refractivity (Wildman–Crippen MR) is 103 cm³/mol. The Balaban J connectivity index is 1.76. The van der Waals surface area contributed by atoms with Crippen molar-refractivity contribution in [3.63, 3.8) is 0 Å². The van der Waals surface area contributed by atoms with Gasteiger partial charge in [0.15, 0.2) is 0 Å². The molecule has 26 heavy (non-hydrogen) atoms. The van der Waals surface area contributed by atoms with E-state index in [9.17, 15) is 9.59 Å². The fourth-order valence-electron chi connectivity index (χ4n) is 3.19. The SMILES string of the molecule is COc1cc(=O)n(C)cc1C(=O)N1CCN(c2cc(Cl)ccc2C)CC1. The van der Waals surface area contributed by atoms with Crippen molar-refractivity contribution in [2.75, 3.05) is 38.2 Å². The third-order valence-electron chi connectivity index (χ3n) is 4.72. The third kappa shape index (κ3) is 3.55. The van der Waals surface area contributed by atoms with Gasteiger partial charge in [-0.2, -0.15) is 0 Å². The van der Waals surface area contributed by atoms with Gasteiger partial charge in [0.2, 0.25) is 0 Å². The third-order valence-corrected chi connectivity index (χ3v) is 4.95. The van der Waals surface area contributed by atoms with E-state index in [-0.39, 0.29) is 11.5 Å². The van der Waals surface area contributed by atoms with Crippen LogP contribution in [-0.4, -0.2) is 48.7 Å². The largest absolute Gasteiger partial charge is 0.496 e. The number of methoxy groups -OCH3 is 1. The number of anilines is 1. The van der Waals surface area contributed by atoms with E-state index < -0.39 is 0 Å². The van der Waals surface area contributed by atoms with Gasteiger partial charge in [0.25, 0.3) is 11.5 Å². The Labute approximate surface area is 157 Å². The minimum Gasteiger partial charge on any atom is -0.496 e. The van der Waals surface area contributed by atoms with Crippen molar-refractivity contribution in [1.82, 2.24) is 9.47 Å². The van der Waals surface area contributed by atoms with Crippen molar-refractivity contribution in [2.24, 2.45) is 7.05 Å². The van der Waals surface area contributed by atoms with Crippen LogP contribution in [0.1, 0.15) is 15.9 Å². The Morgan fingerprint density at radius 3 is 2.50 bits per heavy atom. The maximum absolute atomic E-state index is 12.9. The summed E-state index contributed by atoms with van der Waals surface area (Å²) in [5.41, 5.74) is 2.46. The minimum atomic E-state index is -0.209. The molecule has 1 aromatic heterocycles. The zero-order valence-electron chi connectivity index (χ0n) is 15.2. The van der Waals surface area contributed by atoms with Crippen molar-refractivity contribution < 1.29 is 9.53 Å². The van der Waals surface area contributed by atoms with Crippen LogP contribution in [0.5, 0.6) is 5.75 Å². The summed E-state index contributed by atoms with van der Waals surface area (Å²) in [7, 11) is 3.09. The van der Waals surface area contributed by atoms with Gasteiger partial charge in [0.05, 0.1) is 12.7 Å². The minimum absolute atomic E-state index is 0.125. The van der Waals surface area contributed by atoms with Crippen LogP contribution in [0.3, 0.4) is 0 Å². The molecule has 1 aliphatic rings. The van der Waals surface area contributed by atoms with Crippen LogP contribution in [0, 0.1) is 6.92 Å². The zero-order valence-corrected chi connectivity index (χ0v) is 15.9. The van der Waals surface area contributed by atoms with Gasteiger partial charge in [-0.05, 0) is 24.6 Å². The molecule has 7 heteroatoms. The maximum Gasteiger partial charge on any atom is 0.259 e. The van der Waals surface area contributed by atoms with Crippen LogP contribution in [0.25, 0.3) is 0 Å². The van der Waals surface area contributed by atoms with E-state index in [0.29, 0.717) is 29.4 Å². The molecule has 2 heterocycles. The van der Waals surface area contributed by atoms with E-state index in [1.165, 1.54) is 23.9 Å². The second-order valence-corrected chi connectivity index (χ2v) is 6.85. The van der Waals surface area contributed by atoms with E-state index in [4.69, 9.17) is 16.3 Å². The molecule has 0 N–H and O–H groups in total. The summed E-state index contributed by atoms with van der Waals surface area (Å²) in [6.45, 7) is 4.69. The molecule has 2 aromatic rings. The number of carbonyl (C=O) groups excluding carboxylic acids is 1. The van der Waals surface area contributed by atoms with E-state index in [1.54, 1.807) is 11.9 Å². The molecule has 3 rings (SSSR count). The van der Waals surface area contributed by atoms with Crippen molar-refractivity contribution in [1.29, 1.82) is 0 Å². The first-order chi connectivity index (χ1) is 12.4. The quantitative estimate of drug-likeness (QED) is 0.826. The van der Waals surface area contributed by atoms with Crippen LogP contribution >= 0.6 is 11.6 Å². The van der Waals surface area contributed by atoms with Gasteiger partial charge in [-0.1, -0.05) is 17.7 Å². The molecule has 138 valence electrons. The summed E-state index contributed by atoms with van der Waals surface area (Å²) < 4.78 is 6.62. The number of aromatic nitrogens is 1. The van der Waals surface area contributed by atoms with Crippen LogP contribution in [0.15, 0.2) is 35.3 Å². The van der Waals surface area contributed by atoms with Crippen LogP contribution in [0.4, 0.5) is 5.69 Å². The summed E-state index contributed by atoms with van der Waals surface area (Å²) in [6.07, 6.45) is 1.54. The molecule has 0 atom stereocenters. The van der Waals surface area contributed by atoms with Gasteiger partial charge >= 0.3 is 0 Å². The predicted octanol–water partition coefficient (Wildman–Crippen LogP) is 2.32. The Bertz CT molecular complexity index is 886. The molecule has 0 bridgehead atoms. The summed E-state index contributed by atoms with van der Waals surface area (Å²) in [5, 5.41) is 0.707. The van der Waals surface area contributed by atoms with Crippen LogP contribution < -0.4 is 15.2 Å². The fraction of sp³-hybridized carbons (Fsp3) is 0.368. The first kappa shape index (κ1) is 18.3. The molecule has 0 saturated carbocycles. The second kappa shape index (κ2) is 7.41. The highest BCUT2D eigenvalue weighted by molar-refractivity contribution is 6.30. The Morgan fingerprint density at radius 1 is 1.15 bits per heavy atom. The number of pyridine rings is 1. The highest BCUT2D eigenvalue weighted by Gasteiger charge is 2.25. The summed E-state index contributed by atoms with van der Waals surface area (Å²) in [6, 6.07) is 7.19. The fourth-order valence-corrected chi connectivity index (χ4v) is 3.35. The maximum atomic E-state index is 12.9. The van der Waals surface area contributed by atoms with Gasteiger partial charge in [-0.3, -0.25) is 9.59 Å². The molecular formula is C19H22ClN3O3. The lowest BCUT2D eigenvalue weighted by Gasteiger charge is -2.37. The average molecular weight is 376 g/mol. The van der Waals surface area contributed by atoms with E-state index in [0.717, 1.165) is 24.3 Å². The lowest BCUT2D eigenvalue weighted by molar-refractivity contribution is 0.0742. The number of rotatable bonds is 3. The average Bonchev–Trinajstić information content (AvgIpc) is 2.65. The molecule has 0 spiro atoms. The molecule has 1 saturated heterocycles. The smallest absolute Gasteiger partial charge is 0.259 e. The standard InChI is InChI=1S/C19H22ClN3O3/c1-13-4-5-14(20)10-16(13)22-6-8-23(9-7-22)19(25)15-12-21(2)18(24)11-17(15)26-3/h4-5,10-12H,6-9H2,1-3H3. The number of halogens is 1. The van der Waals surface area contributed by atoms with Crippen LogP contribution in [-0.2, 0) is 7.05 Å². The Hall–Kier alpha value is -2.47. The number of carbonyl (C=O) groups is 1. The number of ether oxygens (including phenoxy) is 1. The van der Waals surface area contributed by atoms with Gasteiger partial charge in [-0.15, -0.1) is 0 Å². The number of amides is 1. The van der Waals surface area contributed by atoms with Gasteiger partial charge in [-0.25, -0.2) is 0 Å². The lowest BCUT2D eigenvalue weighted by atomic mass is 10.1. The number of nitrogens with zero attached hydrogens (tertiary/aromatic N) is 3. The van der Waals surface area contributed by atoms with E-state index >= 15 is 0 Å². The lowest BCUT2D eigenvalue weighted by Crippen LogP contribution is -2.49. The highest BCUT2D eigenvalue weighted by Crippen LogP contribution is 2.26. The monoisotopic (exact) mass is 375 g/mol. The highest BCUT2D eigenvalue weighted by atomic mass is 35.5. The molecule has 6 nitrogen and oxygen atoms in total. The molecule has 1 aromatic carbocycles. The van der Waals surface area contributed by atoms with Gasteiger partial charge in [0.1, 0.15) is 5.75 Å². The summed E-state index contributed by atoms with van der Waals surface area (Å²) >= 11 is 6.12. The normalized spacial score (nSPS) is 14.5. The molecule has 0 aliphatic carbocycles. The number of hydrogen-bond donors (Lipinski definition) is 0. The van der Waals surface area contributed by atoms with Crippen molar-refractivity contribution in [3.05, 3.63) is 57.0 Å². The summed E-state index contributed by atoms with van der Waals surface area (Å²) in [4.78, 5) is 28.7. The summed E-state index contributed by atoms with van der Waals surface area (Å²) in [5.74, 6) is 0.186. The number of piperazine rings is 1. The number of benzene rings is 1. The topological polar surface area (TPSA) is 54.8 Å². The molecular weight excluding hydrogens is 354 g/mol. The zero-order chi connectivity index (χ0) is 18.8. The van der Waals surface area contributed by atoms with Crippen molar-refractivity contribution >= 4 is 23.2 Å². The van der Waals surface area contributed by atoms with Gasteiger partial charge < -0.3 is 19.1 Å². The van der Waals surface area contributed by atoms with E-state index in [1.807, 2.05) is 18.2 Å².